The van der Waals surface area contributed by atoms with Gasteiger partial charge in [-0.15, -0.1) is 0 Å². The minimum Gasteiger partial charge on any atom is -0.454 e. The molecule has 0 radical (unpaired) electrons. The molecule has 1 amide bonds. The maximum Gasteiger partial charge on any atom is 0.258 e. The van der Waals surface area contributed by atoms with E-state index in [1.807, 2.05) is 42.5 Å². The van der Waals surface area contributed by atoms with Gasteiger partial charge < -0.3 is 14.4 Å². The van der Waals surface area contributed by atoms with Crippen LogP contribution in [0, 0.1) is 0 Å². The molecule has 4 nitrogen and oxygen atoms in total. The Morgan fingerprint density at radius 3 is 2.74 bits per heavy atom. The van der Waals surface area contributed by atoms with Crippen molar-refractivity contribution >= 4 is 11.6 Å². The molecule has 0 saturated heterocycles. The summed E-state index contributed by atoms with van der Waals surface area (Å²) in [6.45, 7) is 0.849. The first-order valence-electron chi connectivity index (χ1n) is 6.12. The Morgan fingerprint density at radius 1 is 1.00 bits per heavy atom. The Balaban J connectivity index is 1.74. The van der Waals surface area contributed by atoms with Crippen LogP contribution >= 0.6 is 0 Å². The van der Waals surface area contributed by atoms with Crippen LogP contribution in [0.1, 0.15) is 15.9 Å². The van der Waals surface area contributed by atoms with E-state index in [-0.39, 0.29) is 12.7 Å². The molecule has 19 heavy (non-hydrogen) atoms. The second-order valence-corrected chi connectivity index (χ2v) is 4.59. The van der Waals surface area contributed by atoms with Crippen LogP contribution in [0.15, 0.2) is 42.5 Å². The topological polar surface area (TPSA) is 38.8 Å². The normalized spacial score (nSPS) is 15.8. The fourth-order valence-electron chi connectivity index (χ4n) is 2.52. The summed E-state index contributed by atoms with van der Waals surface area (Å²) in [5, 5.41) is 0. The van der Waals surface area contributed by atoms with Gasteiger partial charge in [-0.1, -0.05) is 18.2 Å². The summed E-state index contributed by atoms with van der Waals surface area (Å²) in [5.74, 6) is 1.46. The van der Waals surface area contributed by atoms with Crippen molar-refractivity contribution in [2.24, 2.45) is 0 Å². The van der Waals surface area contributed by atoms with E-state index >= 15 is 0 Å². The summed E-state index contributed by atoms with van der Waals surface area (Å²) < 4.78 is 10.6. The molecule has 4 rings (SSSR count). The van der Waals surface area contributed by atoms with Crippen molar-refractivity contribution < 1.29 is 14.3 Å². The average Bonchev–Trinajstić information content (AvgIpc) is 3.03. The molecule has 2 aliphatic rings. The second kappa shape index (κ2) is 3.75. The Morgan fingerprint density at radius 2 is 1.84 bits per heavy atom. The molecule has 0 unspecified atom stereocenters. The Bertz CT molecular complexity index is 681. The van der Waals surface area contributed by atoms with E-state index in [0.29, 0.717) is 12.3 Å². The van der Waals surface area contributed by atoms with Gasteiger partial charge in [-0.2, -0.15) is 0 Å². The van der Waals surface area contributed by atoms with Crippen molar-refractivity contribution in [1.82, 2.24) is 0 Å². The zero-order chi connectivity index (χ0) is 12.8. The zero-order valence-electron chi connectivity index (χ0n) is 10.1. The van der Waals surface area contributed by atoms with Crippen molar-refractivity contribution in [1.29, 1.82) is 0 Å². The van der Waals surface area contributed by atoms with Gasteiger partial charge in [-0.25, -0.2) is 0 Å². The van der Waals surface area contributed by atoms with Gasteiger partial charge in [0.25, 0.3) is 5.91 Å². The monoisotopic (exact) mass is 253 g/mol. The third-order valence-electron chi connectivity index (χ3n) is 3.49. The van der Waals surface area contributed by atoms with Crippen molar-refractivity contribution in [2.75, 3.05) is 11.7 Å². The summed E-state index contributed by atoms with van der Waals surface area (Å²) in [7, 11) is 0. The second-order valence-electron chi connectivity index (χ2n) is 4.59. The van der Waals surface area contributed by atoms with E-state index in [9.17, 15) is 4.79 Å². The molecule has 0 aliphatic carbocycles. The molecule has 0 N–H and O–H groups in total. The molecule has 94 valence electrons. The lowest BCUT2D eigenvalue weighted by Crippen LogP contribution is -2.22. The fraction of sp³-hybridized carbons (Fsp3) is 0.133. The predicted molar refractivity (Wildman–Crippen MR) is 69.5 cm³/mol. The molecular formula is C15H11NO3. The number of hydrogen-bond donors (Lipinski definition) is 0. The molecule has 0 aromatic heterocycles. The highest BCUT2D eigenvalue weighted by molar-refractivity contribution is 6.10. The van der Waals surface area contributed by atoms with Crippen LogP contribution in [0.3, 0.4) is 0 Å². The van der Waals surface area contributed by atoms with Crippen LogP contribution in [-0.2, 0) is 6.54 Å². The van der Waals surface area contributed by atoms with Crippen LogP contribution in [0.2, 0.25) is 0 Å². The Labute approximate surface area is 110 Å². The first-order valence-corrected chi connectivity index (χ1v) is 6.12. The van der Waals surface area contributed by atoms with E-state index in [1.165, 1.54) is 0 Å². The lowest BCUT2D eigenvalue weighted by atomic mass is 10.1. The third-order valence-corrected chi connectivity index (χ3v) is 3.49. The van der Waals surface area contributed by atoms with E-state index in [4.69, 9.17) is 9.47 Å². The largest absolute Gasteiger partial charge is 0.454 e. The molecule has 2 heterocycles. The van der Waals surface area contributed by atoms with Gasteiger partial charge in [0.05, 0.1) is 6.54 Å². The van der Waals surface area contributed by atoms with Crippen molar-refractivity contribution in [3.63, 3.8) is 0 Å². The molecule has 2 aromatic rings. The smallest absolute Gasteiger partial charge is 0.258 e. The van der Waals surface area contributed by atoms with Gasteiger partial charge in [0.15, 0.2) is 11.5 Å². The average molecular weight is 253 g/mol. The molecule has 2 aromatic carbocycles. The van der Waals surface area contributed by atoms with E-state index in [0.717, 1.165) is 22.6 Å². The molecule has 0 spiro atoms. The highest BCUT2D eigenvalue weighted by Gasteiger charge is 2.29. The zero-order valence-corrected chi connectivity index (χ0v) is 10.1. The Kier molecular flexibility index (Phi) is 2.06. The van der Waals surface area contributed by atoms with Crippen molar-refractivity contribution in [2.45, 2.75) is 6.54 Å². The Hall–Kier alpha value is -2.49. The summed E-state index contributed by atoms with van der Waals surface area (Å²) in [4.78, 5) is 14.1. The predicted octanol–water partition coefficient (Wildman–Crippen LogP) is 2.58. The number of nitrogens with zero attached hydrogens (tertiary/aromatic N) is 1. The SMILES string of the molecule is O=C1c2ccccc2CN1c1ccc2c(c1)OCO2. The summed E-state index contributed by atoms with van der Waals surface area (Å²) in [6.07, 6.45) is 0. The van der Waals surface area contributed by atoms with E-state index < -0.39 is 0 Å². The van der Waals surface area contributed by atoms with Gasteiger partial charge in [-0.05, 0) is 23.8 Å². The summed E-state index contributed by atoms with van der Waals surface area (Å²) in [6, 6.07) is 13.3. The quantitative estimate of drug-likeness (QED) is 0.784. The van der Waals surface area contributed by atoms with Crippen molar-refractivity contribution in [3.8, 4) is 11.5 Å². The number of carbonyl (C=O) groups excluding carboxylic acids is 1. The maximum atomic E-state index is 12.4. The van der Waals surface area contributed by atoms with E-state index in [1.54, 1.807) is 4.90 Å². The molecule has 4 heteroatoms. The lowest BCUT2D eigenvalue weighted by molar-refractivity contribution is 0.0996. The number of fused-ring (bicyclic) bond motifs is 2. The summed E-state index contributed by atoms with van der Waals surface area (Å²) in [5.41, 5.74) is 2.68. The standard InChI is InChI=1S/C15H11NO3/c17-15-12-4-2-1-3-10(12)8-16(15)11-5-6-13-14(7-11)19-9-18-13/h1-7H,8-9H2. The third kappa shape index (κ3) is 1.50. The molecule has 0 saturated carbocycles. The van der Waals surface area contributed by atoms with E-state index in [2.05, 4.69) is 0 Å². The van der Waals surface area contributed by atoms with Crippen LogP contribution in [0.4, 0.5) is 5.69 Å². The fourth-order valence-corrected chi connectivity index (χ4v) is 2.52. The van der Waals surface area contributed by atoms with Crippen molar-refractivity contribution in [3.05, 3.63) is 53.6 Å². The number of carbonyl (C=O) groups is 1. The number of benzene rings is 2. The molecule has 0 bridgehead atoms. The molecular weight excluding hydrogens is 242 g/mol. The lowest BCUT2D eigenvalue weighted by Gasteiger charge is -2.16. The van der Waals surface area contributed by atoms with Gasteiger partial charge in [0.1, 0.15) is 0 Å². The van der Waals surface area contributed by atoms with Crippen LogP contribution in [-0.4, -0.2) is 12.7 Å². The summed E-state index contributed by atoms with van der Waals surface area (Å²) >= 11 is 0. The maximum absolute atomic E-state index is 12.4. The van der Waals surface area contributed by atoms with Gasteiger partial charge in [0, 0.05) is 17.3 Å². The number of amides is 1. The highest BCUT2D eigenvalue weighted by atomic mass is 16.7. The molecule has 0 fully saturated rings. The number of ether oxygens (including phenoxy) is 2. The van der Waals surface area contributed by atoms with Crippen LogP contribution in [0.25, 0.3) is 0 Å². The van der Waals surface area contributed by atoms with Gasteiger partial charge in [0.2, 0.25) is 6.79 Å². The number of rotatable bonds is 1. The highest BCUT2D eigenvalue weighted by Crippen LogP contribution is 2.37. The minimum absolute atomic E-state index is 0.0365. The minimum atomic E-state index is 0.0365. The van der Waals surface area contributed by atoms with Gasteiger partial charge >= 0.3 is 0 Å². The number of anilines is 1. The molecule has 2 aliphatic heterocycles. The molecule has 0 atom stereocenters. The first-order chi connectivity index (χ1) is 9.33. The number of hydrogen-bond acceptors (Lipinski definition) is 3. The van der Waals surface area contributed by atoms with Crippen LogP contribution < -0.4 is 14.4 Å². The first kappa shape index (κ1) is 10.4. The van der Waals surface area contributed by atoms with Gasteiger partial charge in [-0.3, -0.25) is 4.79 Å². The van der Waals surface area contributed by atoms with Crippen LogP contribution in [0.5, 0.6) is 11.5 Å².